The summed E-state index contributed by atoms with van der Waals surface area (Å²) in [5.74, 6) is -0.235. The molecule has 2 rings (SSSR count). The highest BCUT2D eigenvalue weighted by Gasteiger charge is 2.27. The zero-order chi connectivity index (χ0) is 13.1. The molecule has 1 saturated carbocycles. The number of carbonyl (C=O) groups excluding carboxylic acids is 1. The van der Waals surface area contributed by atoms with Crippen LogP contribution in [0.4, 0.5) is 10.8 Å². The summed E-state index contributed by atoms with van der Waals surface area (Å²) < 4.78 is 14.0. The van der Waals surface area contributed by atoms with Crippen LogP contribution in [0.15, 0.2) is 0 Å². The monoisotopic (exact) mass is 271 g/mol. The van der Waals surface area contributed by atoms with Gasteiger partial charge < -0.3 is 20.5 Å². The topological polar surface area (TPSA) is 86.5 Å². The normalized spacial score (nSPS) is 23.0. The summed E-state index contributed by atoms with van der Waals surface area (Å²) in [6.07, 6.45) is 3.25. The van der Waals surface area contributed by atoms with E-state index < -0.39 is 5.97 Å². The molecule has 3 N–H and O–H groups in total. The molecular weight excluding hydrogens is 254 g/mol. The van der Waals surface area contributed by atoms with Crippen molar-refractivity contribution in [3.8, 4) is 0 Å². The number of nitrogens with one attached hydrogen (secondary N) is 1. The lowest BCUT2D eigenvalue weighted by atomic mass is 10.2. The lowest BCUT2D eigenvalue weighted by Crippen LogP contribution is -2.18. The maximum absolute atomic E-state index is 11.6. The van der Waals surface area contributed by atoms with Gasteiger partial charge in [0.1, 0.15) is 10.6 Å². The van der Waals surface area contributed by atoms with Crippen molar-refractivity contribution in [3.63, 3.8) is 0 Å². The Kier molecular flexibility index (Phi) is 4.03. The molecule has 1 aromatic heterocycles. The van der Waals surface area contributed by atoms with Crippen molar-refractivity contribution in [2.45, 2.75) is 31.4 Å². The van der Waals surface area contributed by atoms with E-state index in [1.54, 1.807) is 7.11 Å². The highest BCUT2D eigenvalue weighted by molar-refractivity contribution is 7.11. The summed E-state index contributed by atoms with van der Waals surface area (Å²) in [4.78, 5) is 11.6. The van der Waals surface area contributed by atoms with E-state index in [2.05, 4.69) is 9.69 Å². The van der Waals surface area contributed by atoms with Crippen molar-refractivity contribution in [3.05, 3.63) is 5.56 Å². The first-order valence-electron chi connectivity index (χ1n) is 5.78. The van der Waals surface area contributed by atoms with Gasteiger partial charge in [-0.05, 0) is 30.8 Å². The zero-order valence-electron chi connectivity index (χ0n) is 10.4. The number of hydrogen-bond donors (Lipinski definition) is 2. The van der Waals surface area contributed by atoms with Crippen molar-refractivity contribution in [1.29, 1.82) is 0 Å². The van der Waals surface area contributed by atoms with E-state index in [0.29, 0.717) is 16.6 Å². The van der Waals surface area contributed by atoms with Crippen LogP contribution < -0.4 is 11.1 Å². The Morgan fingerprint density at radius 2 is 2.28 bits per heavy atom. The van der Waals surface area contributed by atoms with Crippen molar-refractivity contribution < 1.29 is 14.3 Å². The van der Waals surface area contributed by atoms with Gasteiger partial charge in [-0.2, -0.15) is 4.37 Å². The maximum atomic E-state index is 11.6. The summed E-state index contributed by atoms with van der Waals surface area (Å²) in [6, 6.07) is 0.290. The van der Waals surface area contributed by atoms with E-state index in [-0.39, 0.29) is 11.9 Å². The number of anilines is 2. The van der Waals surface area contributed by atoms with Crippen LogP contribution in [0.1, 0.15) is 29.6 Å². The summed E-state index contributed by atoms with van der Waals surface area (Å²) >= 11 is 1.19. The van der Waals surface area contributed by atoms with E-state index in [1.807, 2.05) is 0 Å². The number of esters is 1. The van der Waals surface area contributed by atoms with Crippen LogP contribution in [0.25, 0.3) is 0 Å². The molecule has 100 valence electrons. The number of rotatable bonds is 4. The first kappa shape index (κ1) is 13.1. The second-order valence-corrected chi connectivity index (χ2v) is 5.05. The predicted molar refractivity (Wildman–Crippen MR) is 69.9 cm³/mol. The Hall–Kier alpha value is -1.34. The van der Waals surface area contributed by atoms with E-state index in [9.17, 15) is 4.79 Å². The number of nitrogen functional groups attached to an aromatic ring is 1. The molecule has 2 atom stereocenters. The molecular formula is C11H17N3O3S. The largest absolute Gasteiger partial charge is 0.465 e. The van der Waals surface area contributed by atoms with Gasteiger partial charge in [0, 0.05) is 13.2 Å². The molecule has 7 heteroatoms. The number of methoxy groups -OCH3 is 2. The van der Waals surface area contributed by atoms with Gasteiger partial charge in [-0.15, -0.1) is 0 Å². The van der Waals surface area contributed by atoms with Crippen LogP contribution in [-0.2, 0) is 9.47 Å². The molecule has 0 amide bonds. The molecule has 2 unspecified atom stereocenters. The number of nitrogens with two attached hydrogens (primary N) is 1. The van der Waals surface area contributed by atoms with Gasteiger partial charge in [-0.3, -0.25) is 0 Å². The van der Waals surface area contributed by atoms with Gasteiger partial charge in [0.05, 0.1) is 13.2 Å². The minimum Gasteiger partial charge on any atom is -0.465 e. The van der Waals surface area contributed by atoms with Crippen molar-refractivity contribution in [2.75, 3.05) is 25.3 Å². The fraction of sp³-hybridized carbons (Fsp3) is 0.636. The van der Waals surface area contributed by atoms with E-state index >= 15 is 0 Å². The summed E-state index contributed by atoms with van der Waals surface area (Å²) in [5, 5.41) is 3.99. The Bertz CT molecular complexity index is 435. The molecule has 1 heterocycles. The Morgan fingerprint density at radius 1 is 1.50 bits per heavy atom. The van der Waals surface area contributed by atoms with Crippen LogP contribution in [0, 0.1) is 0 Å². The first-order chi connectivity index (χ1) is 8.65. The molecule has 1 aliphatic carbocycles. The van der Waals surface area contributed by atoms with Crippen molar-refractivity contribution in [2.24, 2.45) is 0 Å². The van der Waals surface area contributed by atoms with Gasteiger partial charge in [-0.1, -0.05) is 0 Å². The highest BCUT2D eigenvalue weighted by Crippen LogP contribution is 2.31. The lowest BCUT2D eigenvalue weighted by Gasteiger charge is -2.13. The van der Waals surface area contributed by atoms with E-state index in [4.69, 9.17) is 15.2 Å². The molecule has 0 spiro atoms. The zero-order valence-corrected chi connectivity index (χ0v) is 11.3. The Morgan fingerprint density at radius 3 is 2.89 bits per heavy atom. The average molecular weight is 271 g/mol. The average Bonchev–Trinajstić information content (AvgIpc) is 2.96. The quantitative estimate of drug-likeness (QED) is 0.807. The van der Waals surface area contributed by atoms with Gasteiger partial charge in [0.25, 0.3) is 0 Å². The molecule has 0 radical (unpaired) electrons. The lowest BCUT2D eigenvalue weighted by molar-refractivity contribution is 0.0603. The fourth-order valence-electron chi connectivity index (χ4n) is 2.17. The Balaban J connectivity index is 2.08. The predicted octanol–water partition coefficient (Wildman–Crippen LogP) is 1.49. The molecule has 1 fully saturated rings. The molecule has 6 nitrogen and oxygen atoms in total. The standard InChI is InChI=1S/C11H17N3O3S/c1-16-7-4-3-6(5-7)13-10-8(11(15)17-2)9(12)14-18-10/h6-7,13H,3-5H2,1-2H3,(H2,12,14). The third kappa shape index (κ3) is 2.56. The van der Waals surface area contributed by atoms with Gasteiger partial charge in [0.2, 0.25) is 0 Å². The van der Waals surface area contributed by atoms with Gasteiger partial charge in [-0.25, -0.2) is 4.79 Å². The third-order valence-corrected chi connectivity index (χ3v) is 3.95. The van der Waals surface area contributed by atoms with Crippen LogP contribution >= 0.6 is 11.5 Å². The second kappa shape index (κ2) is 5.53. The molecule has 1 aromatic rings. The van der Waals surface area contributed by atoms with Crippen LogP contribution in [-0.4, -0.2) is 36.7 Å². The minimum atomic E-state index is -0.454. The van der Waals surface area contributed by atoms with Crippen molar-refractivity contribution in [1.82, 2.24) is 4.37 Å². The second-order valence-electron chi connectivity index (χ2n) is 4.28. The minimum absolute atomic E-state index is 0.218. The summed E-state index contributed by atoms with van der Waals surface area (Å²) in [5.41, 5.74) is 6.02. The number of ether oxygens (including phenoxy) is 2. The molecule has 0 aromatic carbocycles. The van der Waals surface area contributed by atoms with Gasteiger partial charge >= 0.3 is 5.97 Å². The van der Waals surface area contributed by atoms with Crippen molar-refractivity contribution >= 4 is 28.3 Å². The summed E-state index contributed by atoms with van der Waals surface area (Å²) in [7, 11) is 3.05. The Labute approximate surface area is 110 Å². The number of hydrogen-bond acceptors (Lipinski definition) is 7. The van der Waals surface area contributed by atoms with E-state index in [0.717, 1.165) is 19.3 Å². The molecule has 18 heavy (non-hydrogen) atoms. The van der Waals surface area contributed by atoms with Crippen LogP contribution in [0.3, 0.4) is 0 Å². The SMILES string of the molecule is COC(=O)c1c(N)nsc1NC1CCC(OC)C1. The number of aromatic nitrogens is 1. The highest BCUT2D eigenvalue weighted by atomic mass is 32.1. The third-order valence-electron chi connectivity index (χ3n) is 3.16. The number of carbonyl (C=O) groups is 1. The first-order valence-corrected chi connectivity index (χ1v) is 6.55. The smallest absolute Gasteiger partial charge is 0.344 e. The van der Waals surface area contributed by atoms with Gasteiger partial charge in [0.15, 0.2) is 5.82 Å². The number of nitrogens with zero attached hydrogens (tertiary/aromatic N) is 1. The van der Waals surface area contributed by atoms with Crippen LogP contribution in [0.5, 0.6) is 0 Å². The maximum Gasteiger partial charge on any atom is 0.344 e. The van der Waals surface area contributed by atoms with E-state index in [1.165, 1.54) is 18.6 Å². The molecule has 0 aliphatic heterocycles. The summed E-state index contributed by atoms with van der Waals surface area (Å²) in [6.45, 7) is 0. The molecule has 1 aliphatic rings. The molecule has 0 bridgehead atoms. The fourth-order valence-corrected chi connectivity index (χ4v) is 2.95. The van der Waals surface area contributed by atoms with Crippen LogP contribution in [0.2, 0.25) is 0 Å². The molecule has 0 saturated heterocycles.